The summed E-state index contributed by atoms with van der Waals surface area (Å²) in [6.07, 6.45) is 2.34. The molecule has 2 heterocycles. The van der Waals surface area contributed by atoms with Crippen molar-refractivity contribution in [2.24, 2.45) is 0 Å². The molecule has 18 heavy (non-hydrogen) atoms. The summed E-state index contributed by atoms with van der Waals surface area (Å²) in [5, 5.41) is 16.4. The second-order valence-corrected chi connectivity index (χ2v) is 4.98. The first-order chi connectivity index (χ1) is 8.66. The zero-order valence-corrected chi connectivity index (χ0v) is 10.9. The Morgan fingerprint density at radius 3 is 3.06 bits per heavy atom. The van der Waals surface area contributed by atoms with E-state index in [2.05, 4.69) is 29.1 Å². The highest BCUT2D eigenvalue weighted by Crippen LogP contribution is 2.12. The van der Waals surface area contributed by atoms with Crippen LogP contribution in [-0.4, -0.2) is 17.1 Å². The molecule has 0 amide bonds. The second kappa shape index (κ2) is 5.84. The molecule has 0 saturated heterocycles. The molecule has 2 aromatic heterocycles. The van der Waals surface area contributed by atoms with Crippen molar-refractivity contribution in [2.75, 3.05) is 0 Å². The lowest BCUT2D eigenvalue weighted by molar-refractivity contribution is 0.0660. The van der Waals surface area contributed by atoms with Crippen molar-refractivity contribution in [2.45, 2.75) is 25.9 Å². The highest BCUT2D eigenvalue weighted by molar-refractivity contribution is 7.07. The van der Waals surface area contributed by atoms with Gasteiger partial charge in [0.25, 0.3) is 0 Å². The first kappa shape index (κ1) is 12.9. The molecule has 0 spiro atoms. The van der Waals surface area contributed by atoms with Gasteiger partial charge in [0, 0.05) is 18.2 Å². The smallest absolute Gasteiger partial charge is 0.372 e. The van der Waals surface area contributed by atoms with E-state index in [1.165, 1.54) is 11.8 Å². The van der Waals surface area contributed by atoms with Gasteiger partial charge in [-0.05, 0) is 41.8 Å². The first-order valence-electron chi connectivity index (χ1n) is 5.71. The summed E-state index contributed by atoms with van der Waals surface area (Å²) >= 11 is 1.68. The first-order valence-corrected chi connectivity index (χ1v) is 6.65. The maximum absolute atomic E-state index is 10.9. The topological polar surface area (TPSA) is 62.5 Å². The molecular weight excluding hydrogens is 250 g/mol. The van der Waals surface area contributed by atoms with Gasteiger partial charge in [0.15, 0.2) is 0 Å². The summed E-state index contributed by atoms with van der Waals surface area (Å²) in [5.41, 5.74) is 1.98. The van der Waals surface area contributed by atoms with Crippen LogP contribution < -0.4 is 5.32 Å². The molecule has 1 atom stereocenters. The lowest BCUT2D eigenvalue weighted by atomic mass is 10.1. The van der Waals surface area contributed by atoms with Gasteiger partial charge in [0.2, 0.25) is 5.76 Å². The maximum atomic E-state index is 10.9. The van der Waals surface area contributed by atoms with E-state index in [4.69, 9.17) is 9.52 Å². The van der Waals surface area contributed by atoms with E-state index >= 15 is 0 Å². The highest BCUT2D eigenvalue weighted by atomic mass is 32.1. The van der Waals surface area contributed by atoms with Crippen LogP contribution in [0.1, 0.15) is 28.6 Å². The van der Waals surface area contributed by atoms with Gasteiger partial charge in [0.1, 0.15) is 0 Å². The number of carboxylic acids is 1. The summed E-state index contributed by atoms with van der Waals surface area (Å²) in [4.78, 5) is 10.9. The summed E-state index contributed by atoms with van der Waals surface area (Å²) in [5.74, 6) is -1.01. The molecule has 0 saturated carbocycles. The number of furan rings is 1. The van der Waals surface area contributed by atoms with Gasteiger partial charge < -0.3 is 14.8 Å². The molecule has 0 aromatic carbocycles. The molecule has 4 nitrogen and oxygen atoms in total. The van der Waals surface area contributed by atoms with Gasteiger partial charge in [0.05, 0.1) is 6.26 Å². The van der Waals surface area contributed by atoms with E-state index in [1.807, 2.05) is 0 Å². The molecule has 0 aliphatic rings. The predicted molar refractivity (Wildman–Crippen MR) is 70.0 cm³/mol. The molecule has 0 aliphatic heterocycles. The van der Waals surface area contributed by atoms with E-state index in [0.717, 1.165) is 6.42 Å². The minimum absolute atomic E-state index is 0.0187. The number of thiophene rings is 1. The fraction of sp³-hybridized carbons (Fsp3) is 0.308. The maximum Gasteiger partial charge on any atom is 0.372 e. The van der Waals surface area contributed by atoms with Crippen LogP contribution in [0.2, 0.25) is 0 Å². The van der Waals surface area contributed by atoms with Crippen LogP contribution in [0.3, 0.4) is 0 Å². The minimum Gasteiger partial charge on any atom is -0.475 e. The van der Waals surface area contributed by atoms with Crippen molar-refractivity contribution < 1.29 is 14.3 Å². The molecule has 2 aromatic rings. The minimum atomic E-state index is -1.03. The van der Waals surface area contributed by atoms with Gasteiger partial charge >= 0.3 is 5.97 Å². The Labute approximate surface area is 109 Å². The molecule has 0 radical (unpaired) electrons. The van der Waals surface area contributed by atoms with Gasteiger partial charge in [-0.3, -0.25) is 0 Å². The van der Waals surface area contributed by atoms with Crippen molar-refractivity contribution in [1.29, 1.82) is 0 Å². The van der Waals surface area contributed by atoms with Crippen molar-refractivity contribution in [3.8, 4) is 0 Å². The Morgan fingerprint density at radius 1 is 1.56 bits per heavy atom. The zero-order valence-electron chi connectivity index (χ0n) is 10.1. The largest absolute Gasteiger partial charge is 0.475 e. The van der Waals surface area contributed by atoms with Crippen LogP contribution >= 0.6 is 11.3 Å². The molecule has 5 heteroatoms. The molecule has 2 rings (SSSR count). The normalized spacial score (nSPS) is 12.5. The van der Waals surface area contributed by atoms with Crippen LogP contribution in [-0.2, 0) is 13.0 Å². The Bertz CT molecular complexity index is 504. The number of hydrogen-bond acceptors (Lipinski definition) is 4. The monoisotopic (exact) mass is 265 g/mol. The van der Waals surface area contributed by atoms with Gasteiger partial charge in [-0.25, -0.2) is 4.79 Å². The van der Waals surface area contributed by atoms with Gasteiger partial charge in [-0.2, -0.15) is 11.3 Å². The molecule has 2 N–H and O–H groups in total. The van der Waals surface area contributed by atoms with Crippen molar-refractivity contribution in [3.63, 3.8) is 0 Å². The van der Waals surface area contributed by atoms with Crippen LogP contribution in [0.15, 0.2) is 33.6 Å². The van der Waals surface area contributed by atoms with Crippen LogP contribution in [0.25, 0.3) is 0 Å². The molecule has 0 bridgehead atoms. The molecular formula is C13H15NO3S. The highest BCUT2D eigenvalue weighted by Gasteiger charge is 2.14. The number of nitrogens with one attached hydrogen (secondary N) is 1. The Morgan fingerprint density at radius 2 is 2.39 bits per heavy atom. The van der Waals surface area contributed by atoms with Crippen molar-refractivity contribution in [1.82, 2.24) is 5.32 Å². The second-order valence-electron chi connectivity index (χ2n) is 4.20. The summed E-state index contributed by atoms with van der Waals surface area (Å²) in [6.45, 7) is 2.58. The SMILES string of the molecule is CC(Cc1ccsc1)NCc1ccoc1C(=O)O. The third-order valence-corrected chi connectivity index (χ3v) is 3.44. The van der Waals surface area contributed by atoms with E-state index in [1.54, 1.807) is 17.4 Å². The number of hydrogen-bond donors (Lipinski definition) is 2. The lowest BCUT2D eigenvalue weighted by Crippen LogP contribution is -2.27. The van der Waals surface area contributed by atoms with Gasteiger partial charge in [-0.1, -0.05) is 0 Å². The molecule has 0 fully saturated rings. The third-order valence-electron chi connectivity index (χ3n) is 2.70. The number of rotatable bonds is 6. The van der Waals surface area contributed by atoms with E-state index in [9.17, 15) is 4.79 Å². The quantitative estimate of drug-likeness (QED) is 0.843. The Kier molecular flexibility index (Phi) is 4.17. The zero-order chi connectivity index (χ0) is 13.0. The van der Waals surface area contributed by atoms with Crippen LogP contribution in [0.4, 0.5) is 0 Å². The number of carboxylic acid groups (broad SMARTS) is 1. The fourth-order valence-corrected chi connectivity index (χ4v) is 2.46. The van der Waals surface area contributed by atoms with E-state index in [-0.39, 0.29) is 11.8 Å². The summed E-state index contributed by atoms with van der Waals surface area (Å²) in [7, 11) is 0. The summed E-state index contributed by atoms with van der Waals surface area (Å²) < 4.78 is 4.93. The fourth-order valence-electron chi connectivity index (χ4n) is 1.78. The van der Waals surface area contributed by atoms with Crippen molar-refractivity contribution in [3.05, 3.63) is 46.0 Å². The van der Waals surface area contributed by atoms with E-state index in [0.29, 0.717) is 12.1 Å². The molecule has 1 unspecified atom stereocenters. The number of aromatic carboxylic acids is 1. The molecule has 0 aliphatic carbocycles. The average molecular weight is 265 g/mol. The van der Waals surface area contributed by atoms with Crippen molar-refractivity contribution >= 4 is 17.3 Å². The van der Waals surface area contributed by atoms with Crippen LogP contribution in [0.5, 0.6) is 0 Å². The Balaban J connectivity index is 1.87. The number of carbonyl (C=O) groups is 1. The third kappa shape index (κ3) is 3.21. The average Bonchev–Trinajstić information content (AvgIpc) is 2.96. The van der Waals surface area contributed by atoms with E-state index < -0.39 is 5.97 Å². The summed E-state index contributed by atoms with van der Waals surface area (Å²) in [6, 6.07) is 4.08. The standard InChI is InChI=1S/C13H15NO3S/c1-9(6-10-3-5-18-8-10)14-7-11-2-4-17-12(11)13(15)16/h2-5,8-9,14H,6-7H2,1H3,(H,15,16). The lowest BCUT2D eigenvalue weighted by Gasteiger charge is -2.12. The molecule has 96 valence electrons. The van der Waals surface area contributed by atoms with Crippen LogP contribution in [0, 0.1) is 0 Å². The Hall–Kier alpha value is -1.59. The van der Waals surface area contributed by atoms with Gasteiger partial charge in [-0.15, -0.1) is 0 Å². The predicted octanol–water partition coefficient (Wildman–Crippen LogP) is 2.76.